The molecule has 2 nitrogen and oxygen atoms in total. The van der Waals surface area contributed by atoms with Crippen molar-refractivity contribution >= 4 is 0 Å². The molecule has 2 aliphatic carbocycles. The minimum absolute atomic E-state index is 0.733. The van der Waals surface area contributed by atoms with E-state index in [0.717, 1.165) is 30.6 Å². The minimum atomic E-state index is 0.733. The van der Waals surface area contributed by atoms with Gasteiger partial charge in [-0.2, -0.15) is 0 Å². The van der Waals surface area contributed by atoms with Crippen molar-refractivity contribution in [1.29, 1.82) is 0 Å². The van der Waals surface area contributed by atoms with Crippen LogP contribution in [0.1, 0.15) is 59.3 Å². The summed E-state index contributed by atoms with van der Waals surface area (Å²) in [5, 5.41) is 3.61. The van der Waals surface area contributed by atoms with Crippen molar-refractivity contribution < 1.29 is 0 Å². The van der Waals surface area contributed by atoms with E-state index in [4.69, 9.17) is 0 Å². The molecule has 0 heterocycles. The first-order valence-electron chi connectivity index (χ1n) is 7.69. The molecule has 17 heavy (non-hydrogen) atoms. The molecule has 0 atom stereocenters. The van der Waals surface area contributed by atoms with Crippen LogP contribution in [0.4, 0.5) is 0 Å². The van der Waals surface area contributed by atoms with Crippen molar-refractivity contribution in [1.82, 2.24) is 10.2 Å². The van der Waals surface area contributed by atoms with Crippen molar-refractivity contribution in [2.75, 3.05) is 13.1 Å². The molecule has 100 valence electrons. The molecule has 2 rings (SSSR count). The summed E-state index contributed by atoms with van der Waals surface area (Å²) in [6.07, 6.45) is 8.54. The second-order valence-electron chi connectivity index (χ2n) is 6.30. The molecular weight excluding hydrogens is 208 g/mol. The number of hydrogen-bond donors (Lipinski definition) is 1. The Labute approximate surface area is 107 Å². The van der Waals surface area contributed by atoms with Crippen molar-refractivity contribution in [3.8, 4) is 0 Å². The lowest BCUT2D eigenvalue weighted by atomic mass is 9.89. The summed E-state index contributed by atoms with van der Waals surface area (Å²) in [6.45, 7) is 9.47. The summed E-state index contributed by atoms with van der Waals surface area (Å²) < 4.78 is 0. The van der Waals surface area contributed by atoms with Gasteiger partial charge in [0.1, 0.15) is 0 Å². The van der Waals surface area contributed by atoms with E-state index in [-0.39, 0.29) is 0 Å². The highest BCUT2D eigenvalue weighted by atomic mass is 15.2. The third-order valence-corrected chi connectivity index (χ3v) is 4.49. The maximum absolute atomic E-state index is 3.61. The molecule has 0 aromatic carbocycles. The van der Waals surface area contributed by atoms with E-state index in [1.54, 1.807) is 0 Å². The highest BCUT2D eigenvalue weighted by Gasteiger charge is 2.31. The Morgan fingerprint density at radius 2 is 1.71 bits per heavy atom. The van der Waals surface area contributed by atoms with Gasteiger partial charge in [0.25, 0.3) is 0 Å². The zero-order valence-corrected chi connectivity index (χ0v) is 11.9. The zero-order chi connectivity index (χ0) is 12.3. The summed E-state index contributed by atoms with van der Waals surface area (Å²) in [6, 6.07) is 2.40. The van der Waals surface area contributed by atoms with E-state index in [2.05, 4.69) is 31.0 Å². The summed E-state index contributed by atoms with van der Waals surface area (Å²) in [7, 11) is 0. The molecule has 0 amide bonds. The molecule has 0 aliphatic heterocycles. The third-order valence-electron chi connectivity index (χ3n) is 4.49. The van der Waals surface area contributed by atoms with Crippen LogP contribution in [0.25, 0.3) is 0 Å². The molecule has 0 unspecified atom stereocenters. The smallest absolute Gasteiger partial charge is 0.00992 e. The molecule has 0 aromatic rings. The summed E-state index contributed by atoms with van der Waals surface area (Å²) in [4.78, 5) is 2.79. The number of rotatable bonds is 6. The van der Waals surface area contributed by atoms with Crippen LogP contribution in [0, 0.1) is 5.92 Å². The molecule has 0 aromatic heterocycles. The molecule has 2 heteroatoms. The molecule has 0 saturated heterocycles. The Hall–Kier alpha value is -0.0800. The van der Waals surface area contributed by atoms with Crippen molar-refractivity contribution in [3.63, 3.8) is 0 Å². The minimum Gasteiger partial charge on any atom is -0.314 e. The fraction of sp³-hybridized carbons (Fsp3) is 1.00. The highest BCUT2D eigenvalue weighted by molar-refractivity contribution is 4.87. The molecule has 1 N–H and O–H groups in total. The van der Waals surface area contributed by atoms with Crippen LogP contribution in [0.2, 0.25) is 0 Å². The number of hydrogen-bond acceptors (Lipinski definition) is 2. The second-order valence-corrected chi connectivity index (χ2v) is 6.30. The zero-order valence-electron chi connectivity index (χ0n) is 11.9. The van der Waals surface area contributed by atoms with E-state index >= 15 is 0 Å². The van der Waals surface area contributed by atoms with E-state index in [9.17, 15) is 0 Å². The maximum atomic E-state index is 3.61. The molecule has 2 saturated carbocycles. The lowest BCUT2D eigenvalue weighted by molar-refractivity contribution is 0.106. The fourth-order valence-electron chi connectivity index (χ4n) is 3.28. The monoisotopic (exact) mass is 238 g/mol. The first kappa shape index (κ1) is 13.4. The molecule has 0 radical (unpaired) electrons. The van der Waals surface area contributed by atoms with Crippen LogP contribution in [0.5, 0.6) is 0 Å². The van der Waals surface area contributed by atoms with Crippen molar-refractivity contribution in [2.24, 2.45) is 5.92 Å². The van der Waals surface area contributed by atoms with Gasteiger partial charge in [0.05, 0.1) is 0 Å². The highest BCUT2D eigenvalue weighted by Crippen LogP contribution is 2.33. The Morgan fingerprint density at radius 3 is 2.18 bits per heavy atom. The van der Waals surface area contributed by atoms with Crippen LogP contribution in [0.3, 0.4) is 0 Å². The molecule has 0 bridgehead atoms. The van der Waals surface area contributed by atoms with Crippen LogP contribution in [0.15, 0.2) is 0 Å². The van der Waals surface area contributed by atoms with E-state index in [1.807, 2.05) is 0 Å². The third kappa shape index (κ3) is 3.96. The Morgan fingerprint density at radius 1 is 1.06 bits per heavy atom. The van der Waals surface area contributed by atoms with Crippen molar-refractivity contribution in [3.05, 3.63) is 0 Å². The van der Waals surface area contributed by atoms with Gasteiger partial charge >= 0.3 is 0 Å². The number of nitrogens with one attached hydrogen (secondary N) is 1. The van der Waals surface area contributed by atoms with Gasteiger partial charge in [-0.05, 0) is 64.8 Å². The largest absolute Gasteiger partial charge is 0.314 e. The van der Waals surface area contributed by atoms with Crippen molar-refractivity contribution in [2.45, 2.75) is 77.4 Å². The lowest BCUT2D eigenvalue weighted by Gasteiger charge is -2.39. The van der Waals surface area contributed by atoms with Gasteiger partial charge in [0.2, 0.25) is 0 Å². The maximum Gasteiger partial charge on any atom is 0.00992 e. The first-order valence-corrected chi connectivity index (χ1v) is 7.69. The Balaban J connectivity index is 1.79. The van der Waals surface area contributed by atoms with Gasteiger partial charge in [-0.15, -0.1) is 0 Å². The van der Waals surface area contributed by atoms with E-state index in [1.165, 1.54) is 45.1 Å². The van der Waals surface area contributed by atoms with Gasteiger partial charge in [0, 0.05) is 24.7 Å². The van der Waals surface area contributed by atoms with Gasteiger partial charge in [0.15, 0.2) is 0 Å². The molecule has 2 fully saturated rings. The van der Waals surface area contributed by atoms with Gasteiger partial charge in [-0.1, -0.05) is 6.92 Å². The molecule has 0 spiro atoms. The summed E-state index contributed by atoms with van der Waals surface area (Å²) in [5.41, 5.74) is 0. The summed E-state index contributed by atoms with van der Waals surface area (Å²) >= 11 is 0. The fourth-order valence-corrected chi connectivity index (χ4v) is 3.28. The van der Waals surface area contributed by atoms with Crippen LogP contribution >= 0.6 is 0 Å². The second kappa shape index (κ2) is 6.19. The summed E-state index contributed by atoms with van der Waals surface area (Å²) in [5.74, 6) is 1.03. The standard InChI is InChI=1S/C15H30N2/c1-4-16-14-7-9-15(10-8-14)17(12(2)3)11-13-5-6-13/h12-16H,4-11H2,1-3H3. The van der Waals surface area contributed by atoms with Crippen LogP contribution in [-0.2, 0) is 0 Å². The van der Waals surface area contributed by atoms with E-state index < -0.39 is 0 Å². The normalized spacial score (nSPS) is 30.2. The van der Waals surface area contributed by atoms with Crippen LogP contribution in [-0.4, -0.2) is 36.1 Å². The Bertz CT molecular complexity index is 215. The topological polar surface area (TPSA) is 15.3 Å². The van der Waals surface area contributed by atoms with Gasteiger partial charge < -0.3 is 5.32 Å². The quantitative estimate of drug-likeness (QED) is 0.765. The molecule has 2 aliphatic rings. The average Bonchev–Trinajstić information content (AvgIpc) is 3.11. The average molecular weight is 238 g/mol. The lowest BCUT2D eigenvalue weighted by Crippen LogP contribution is -2.46. The Kier molecular flexibility index (Phi) is 4.87. The van der Waals surface area contributed by atoms with Gasteiger partial charge in [-0.3, -0.25) is 4.90 Å². The van der Waals surface area contributed by atoms with Gasteiger partial charge in [-0.25, -0.2) is 0 Å². The van der Waals surface area contributed by atoms with Crippen LogP contribution < -0.4 is 5.32 Å². The predicted molar refractivity (Wildman–Crippen MR) is 74.3 cm³/mol. The molecular formula is C15H30N2. The van der Waals surface area contributed by atoms with E-state index in [0.29, 0.717) is 0 Å². The predicted octanol–water partition coefficient (Wildman–Crippen LogP) is 3.03. The first-order chi connectivity index (χ1) is 8.20. The SMILES string of the molecule is CCNC1CCC(N(CC2CC2)C(C)C)CC1. The number of nitrogens with zero attached hydrogens (tertiary/aromatic N) is 1.